The largest absolute Gasteiger partial charge is 0.355 e. The van der Waals surface area contributed by atoms with E-state index in [0.29, 0.717) is 17.0 Å². The Balaban J connectivity index is 0.00000272. The molecular formula is C24H27BrN4O. The van der Waals surface area contributed by atoms with E-state index >= 15 is 0 Å². The molecular weight excluding hydrogens is 440 g/mol. The van der Waals surface area contributed by atoms with Gasteiger partial charge in [-0.3, -0.25) is 14.7 Å². The van der Waals surface area contributed by atoms with Crippen LogP contribution < -0.4 is 4.90 Å². The highest BCUT2D eigenvalue weighted by Crippen LogP contribution is 2.20. The summed E-state index contributed by atoms with van der Waals surface area (Å²) in [7, 11) is 0. The van der Waals surface area contributed by atoms with Crippen molar-refractivity contribution in [2.75, 3.05) is 31.1 Å². The van der Waals surface area contributed by atoms with Crippen LogP contribution in [0.2, 0.25) is 0 Å². The highest BCUT2D eigenvalue weighted by atomic mass is 79.9. The van der Waals surface area contributed by atoms with E-state index in [4.69, 9.17) is 4.98 Å². The van der Waals surface area contributed by atoms with Gasteiger partial charge in [-0.2, -0.15) is 0 Å². The molecule has 0 amide bonds. The van der Waals surface area contributed by atoms with Gasteiger partial charge in [-0.05, 0) is 53.0 Å². The van der Waals surface area contributed by atoms with E-state index < -0.39 is 0 Å². The number of benzene rings is 1. The van der Waals surface area contributed by atoms with Crippen LogP contribution in [-0.4, -0.2) is 46.8 Å². The van der Waals surface area contributed by atoms with Crippen molar-refractivity contribution < 1.29 is 6.22 Å². The summed E-state index contributed by atoms with van der Waals surface area (Å²) in [6, 6.07) is 18.1. The maximum Gasteiger partial charge on any atom is 0.213 e. The number of hydrogen-bond donors (Lipinski definition) is 0. The van der Waals surface area contributed by atoms with Crippen LogP contribution in [0.4, 0.5) is 5.82 Å². The maximum atomic E-state index is 13.0. The standard InChI is InChI=1S/C24H25BrN4O.H2/c1-18-21(15-20(25)16-26-18)24(30)22-9-5-10-23(27-22)29-12-6-11-28(13-14-29)17-19-7-3-2-4-8-19;/h2-5,7-10,15-16H,6,11-14,17H2,1H3;1H. The van der Waals surface area contributed by atoms with E-state index in [1.165, 1.54) is 5.56 Å². The Morgan fingerprint density at radius 1 is 1.07 bits per heavy atom. The Bertz CT molecular complexity index is 1030. The lowest BCUT2D eigenvalue weighted by atomic mass is 10.1. The Labute approximate surface area is 187 Å². The molecule has 0 saturated carbocycles. The molecule has 1 aromatic carbocycles. The summed E-state index contributed by atoms with van der Waals surface area (Å²) < 4.78 is 0.790. The van der Waals surface area contributed by atoms with Gasteiger partial charge in [0.25, 0.3) is 0 Å². The first-order valence-corrected chi connectivity index (χ1v) is 11.0. The van der Waals surface area contributed by atoms with Gasteiger partial charge < -0.3 is 4.90 Å². The molecule has 156 valence electrons. The maximum absolute atomic E-state index is 13.0. The molecule has 6 heteroatoms. The fourth-order valence-electron chi connectivity index (χ4n) is 3.80. The second-order valence-corrected chi connectivity index (χ2v) is 8.51. The first-order chi connectivity index (χ1) is 14.6. The molecule has 0 bridgehead atoms. The van der Waals surface area contributed by atoms with Crippen LogP contribution in [0.5, 0.6) is 0 Å². The molecule has 1 aliphatic heterocycles. The summed E-state index contributed by atoms with van der Waals surface area (Å²) in [4.78, 5) is 26.8. The summed E-state index contributed by atoms with van der Waals surface area (Å²) in [5.74, 6) is 0.770. The summed E-state index contributed by atoms with van der Waals surface area (Å²) in [5.41, 5.74) is 3.09. The summed E-state index contributed by atoms with van der Waals surface area (Å²) in [5, 5.41) is 0. The number of nitrogens with zero attached hydrogens (tertiary/aromatic N) is 4. The van der Waals surface area contributed by atoms with Gasteiger partial charge in [0.15, 0.2) is 0 Å². The summed E-state index contributed by atoms with van der Waals surface area (Å²) in [6.07, 6.45) is 2.77. The minimum absolute atomic E-state index is 0. The zero-order valence-electron chi connectivity index (χ0n) is 17.1. The second kappa shape index (κ2) is 9.49. The number of halogens is 1. The van der Waals surface area contributed by atoms with Gasteiger partial charge in [-0.1, -0.05) is 36.4 Å². The third-order valence-electron chi connectivity index (χ3n) is 5.43. The highest BCUT2D eigenvalue weighted by Gasteiger charge is 2.19. The molecule has 0 aliphatic carbocycles. The van der Waals surface area contributed by atoms with Crippen molar-refractivity contribution in [1.29, 1.82) is 0 Å². The second-order valence-electron chi connectivity index (χ2n) is 7.60. The molecule has 2 aromatic heterocycles. The number of carbonyl (C=O) groups excluding carboxylic acids is 1. The average molecular weight is 467 g/mol. The number of carbonyl (C=O) groups is 1. The molecule has 0 unspecified atom stereocenters. The SMILES string of the molecule is Cc1ncc(Br)cc1C(=O)c1cccc(N2CCCN(Cc3ccccc3)CC2)n1.[HH]. The number of rotatable bonds is 5. The molecule has 3 heterocycles. The predicted molar refractivity (Wildman–Crippen MR) is 125 cm³/mol. The normalized spacial score (nSPS) is 15.1. The van der Waals surface area contributed by atoms with Gasteiger partial charge in [0, 0.05) is 56.1 Å². The molecule has 0 spiro atoms. The van der Waals surface area contributed by atoms with Crippen LogP contribution in [-0.2, 0) is 6.54 Å². The van der Waals surface area contributed by atoms with E-state index in [0.717, 1.165) is 49.4 Å². The van der Waals surface area contributed by atoms with Gasteiger partial charge in [0.05, 0.1) is 0 Å². The minimum Gasteiger partial charge on any atom is -0.355 e. The van der Waals surface area contributed by atoms with Crippen LogP contribution >= 0.6 is 15.9 Å². The first-order valence-electron chi connectivity index (χ1n) is 10.3. The predicted octanol–water partition coefficient (Wildman–Crippen LogP) is 4.74. The van der Waals surface area contributed by atoms with Crippen molar-refractivity contribution in [3.05, 3.63) is 87.8 Å². The Morgan fingerprint density at radius 2 is 1.90 bits per heavy atom. The summed E-state index contributed by atoms with van der Waals surface area (Å²) >= 11 is 3.40. The van der Waals surface area contributed by atoms with Gasteiger partial charge in [-0.15, -0.1) is 0 Å². The van der Waals surface area contributed by atoms with Crippen LogP contribution in [0.25, 0.3) is 0 Å². The van der Waals surface area contributed by atoms with E-state index in [1.807, 2.05) is 25.1 Å². The van der Waals surface area contributed by atoms with E-state index in [9.17, 15) is 4.79 Å². The van der Waals surface area contributed by atoms with Crippen molar-refractivity contribution >= 4 is 27.5 Å². The van der Waals surface area contributed by atoms with Crippen LogP contribution in [0, 0.1) is 6.92 Å². The first kappa shape index (κ1) is 20.7. The third-order valence-corrected chi connectivity index (χ3v) is 5.86. The number of pyridine rings is 2. The Kier molecular flexibility index (Phi) is 6.55. The summed E-state index contributed by atoms with van der Waals surface area (Å²) in [6.45, 7) is 6.69. The number of ketones is 1. The van der Waals surface area contributed by atoms with Gasteiger partial charge in [0.1, 0.15) is 11.5 Å². The lowest BCUT2D eigenvalue weighted by molar-refractivity contribution is 0.103. The van der Waals surface area contributed by atoms with Crippen molar-refractivity contribution in [3.63, 3.8) is 0 Å². The Hall–Kier alpha value is -2.57. The van der Waals surface area contributed by atoms with Crippen LogP contribution in [0.15, 0.2) is 65.3 Å². The lowest BCUT2D eigenvalue weighted by Crippen LogP contribution is -2.31. The van der Waals surface area contributed by atoms with Crippen molar-refractivity contribution in [1.82, 2.24) is 14.9 Å². The number of aryl methyl sites for hydroxylation is 1. The zero-order chi connectivity index (χ0) is 20.9. The Morgan fingerprint density at radius 3 is 2.73 bits per heavy atom. The molecule has 4 rings (SSSR count). The lowest BCUT2D eigenvalue weighted by Gasteiger charge is -2.23. The molecule has 30 heavy (non-hydrogen) atoms. The quantitative estimate of drug-likeness (QED) is 0.508. The third kappa shape index (κ3) is 4.94. The van der Waals surface area contributed by atoms with Crippen LogP contribution in [0.1, 0.15) is 35.2 Å². The average Bonchev–Trinajstić information content (AvgIpc) is 3.01. The molecule has 1 saturated heterocycles. The molecule has 5 nitrogen and oxygen atoms in total. The van der Waals surface area contributed by atoms with Crippen LogP contribution in [0.3, 0.4) is 0 Å². The molecule has 0 radical (unpaired) electrons. The fourth-order valence-corrected chi connectivity index (χ4v) is 4.13. The van der Waals surface area contributed by atoms with Gasteiger partial charge in [0.2, 0.25) is 5.78 Å². The number of hydrogen-bond acceptors (Lipinski definition) is 5. The number of anilines is 1. The van der Waals surface area contributed by atoms with E-state index in [1.54, 1.807) is 12.3 Å². The molecule has 0 N–H and O–H groups in total. The molecule has 1 aliphatic rings. The molecule has 0 atom stereocenters. The number of aromatic nitrogens is 2. The smallest absolute Gasteiger partial charge is 0.213 e. The van der Waals surface area contributed by atoms with Crippen molar-refractivity contribution in [2.45, 2.75) is 19.9 Å². The van der Waals surface area contributed by atoms with Crippen molar-refractivity contribution in [2.24, 2.45) is 0 Å². The monoisotopic (exact) mass is 466 g/mol. The van der Waals surface area contributed by atoms with Gasteiger partial charge >= 0.3 is 0 Å². The van der Waals surface area contributed by atoms with E-state index in [-0.39, 0.29) is 7.21 Å². The topological polar surface area (TPSA) is 49.3 Å². The zero-order valence-corrected chi connectivity index (χ0v) is 18.7. The van der Waals surface area contributed by atoms with Gasteiger partial charge in [-0.25, -0.2) is 4.98 Å². The minimum atomic E-state index is -0.0938. The van der Waals surface area contributed by atoms with E-state index in [2.05, 4.69) is 61.0 Å². The van der Waals surface area contributed by atoms with Crippen molar-refractivity contribution in [3.8, 4) is 0 Å². The molecule has 1 fully saturated rings. The highest BCUT2D eigenvalue weighted by molar-refractivity contribution is 9.10. The fraction of sp³-hybridized carbons (Fsp3) is 0.292. The molecule has 3 aromatic rings.